The van der Waals surface area contributed by atoms with E-state index in [-0.39, 0.29) is 11.6 Å². The van der Waals surface area contributed by atoms with Gasteiger partial charge in [-0.3, -0.25) is 4.90 Å². The molecule has 1 atom stereocenters. The predicted molar refractivity (Wildman–Crippen MR) is 107 cm³/mol. The van der Waals surface area contributed by atoms with E-state index in [4.69, 9.17) is 5.10 Å². The van der Waals surface area contributed by atoms with Gasteiger partial charge in [0.2, 0.25) is 0 Å². The first-order chi connectivity index (χ1) is 12.7. The van der Waals surface area contributed by atoms with E-state index in [1.54, 1.807) is 0 Å². The average molecular weight is 337 g/mol. The van der Waals surface area contributed by atoms with Crippen molar-refractivity contribution >= 4 is 17.2 Å². The number of fused-ring (bicyclic) bond motifs is 3. The lowest BCUT2D eigenvalue weighted by Crippen LogP contribution is -2.49. The number of hydrogen-bond acceptors (Lipinski definition) is 3. The number of rotatable bonds is 1. The van der Waals surface area contributed by atoms with Crippen LogP contribution in [0.25, 0.3) is 11.1 Å². The highest BCUT2D eigenvalue weighted by Gasteiger charge is 2.55. The van der Waals surface area contributed by atoms with Gasteiger partial charge in [0.25, 0.3) is 0 Å². The van der Waals surface area contributed by atoms with Gasteiger partial charge >= 0.3 is 0 Å². The molecular formula is C23H19N3. The molecule has 0 aromatic heterocycles. The second-order valence-corrected chi connectivity index (χ2v) is 7.82. The normalized spacial score (nSPS) is 20.7. The highest BCUT2D eigenvalue weighted by Crippen LogP contribution is 2.56. The summed E-state index contributed by atoms with van der Waals surface area (Å²) in [6.07, 6.45) is 0.157. The molecule has 3 heterocycles. The lowest BCUT2D eigenvalue weighted by molar-refractivity contribution is 0.437. The number of nitrogens with zero attached hydrogens (tertiary/aromatic N) is 3. The quantitative estimate of drug-likeness (QED) is 0.624. The molecule has 0 aliphatic carbocycles. The summed E-state index contributed by atoms with van der Waals surface area (Å²) in [5.41, 5.74) is 7.67. The van der Waals surface area contributed by atoms with Crippen molar-refractivity contribution in [3.05, 3.63) is 83.9 Å². The number of hydrazone groups is 1. The fraction of sp³-hybridized carbons (Fsp3) is 0.174. The van der Waals surface area contributed by atoms with E-state index in [0.717, 1.165) is 11.5 Å². The van der Waals surface area contributed by atoms with Crippen LogP contribution in [0.5, 0.6) is 0 Å². The van der Waals surface area contributed by atoms with Crippen LogP contribution in [0.2, 0.25) is 0 Å². The van der Waals surface area contributed by atoms with Gasteiger partial charge < -0.3 is 0 Å². The summed E-state index contributed by atoms with van der Waals surface area (Å²) in [6, 6.07) is 25.9. The summed E-state index contributed by atoms with van der Waals surface area (Å²) in [7, 11) is 0. The van der Waals surface area contributed by atoms with Crippen LogP contribution in [-0.2, 0) is 5.41 Å². The molecule has 0 bridgehead atoms. The third-order valence-electron chi connectivity index (χ3n) is 6.00. The second-order valence-electron chi connectivity index (χ2n) is 7.82. The monoisotopic (exact) mass is 337 g/mol. The lowest BCUT2D eigenvalue weighted by atomic mass is 9.82. The number of para-hydroxylation sites is 2. The summed E-state index contributed by atoms with van der Waals surface area (Å²) in [6.45, 7) is 4.68. The summed E-state index contributed by atoms with van der Waals surface area (Å²) >= 11 is 0. The first kappa shape index (κ1) is 14.1. The first-order valence-corrected chi connectivity index (χ1v) is 9.13. The zero-order valence-electron chi connectivity index (χ0n) is 14.8. The third-order valence-corrected chi connectivity index (χ3v) is 6.00. The minimum atomic E-state index is -0.0333. The molecule has 0 amide bonds. The van der Waals surface area contributed by atoms with Crippen LogP contribution >= 0.6 is 0 Å². The topological polar surface area (TPSA) is 18.8 Å². The van der Waals surface area contributed by atoms with Crippen LogP contribution in [0.1, 0.15) is 25.0 Å². The van der Waals surface area contributed by atoms with Crippen LogP contribution < -0.4 is 9.91 Å². The van der Waals surface area contributed by atoms with Crippen molar-refractivity contribution in [2.24, 2.45) is 5.10 Å². The Balaban J connectivity index is 1.70. The van der Waals surface area contributed by atoms with Crippen LogP contribution in [0.3, 0.4) is 0 Å². The van der Waals surface area contributed by atoms with E-state index in [1.165, 1.54) is 27.9 Å². The zero-order chi connectivity index (χ0) is 17.5. The lowest BCUT2D eigenvalue weighted by Gasteiger charge is -2.35. The number of benzene rings is 3. The van der Waals surface area contributed by atoms with Gasteiger partial charge in [-0.2, -0.15) is 5.10 Å². The predicted octanol–water partition coefficient (Wildman–Crippen LogP) is 4.97. The Morgan fingerprint density at radius 2 is 1.46 bits per heavy atom. The molecule has 26 heavy (non-hydrogen) atoms. The fourth-order valence-electron chi connectivity index (χ4n) is 4.84. The molecule has 3 aromatic rings. The van der Waals surface area contributed by atoms with E-state index in [1.807, 2.05) is 0 Å². The smallest absolute Gasteiger partial charge is 0.163 e. The van der Waals surface area contributed by atoms with Gasteiger partial charge in [-0.25, -0.2) is 5.01 Å². The first-order valence-electron chi connectivity index (χ1n) is 9.13. The van der Waals surface area contributed by atoms with Crippen LogP contribution in [0.15, 0.2) is 77.9 Å². The van der Waals surface area contributed by atoms with Gasteiger partial charge in [-0.1, -0.05) is 74.5 Å². The average Bonchev–Trinajstić information content (AvgIpc) is 3.19. The van der Waals surface area contributed by atoms with Crippen molar-refractivity contribution in [2.45, 2.75) is 25.4 Å². The van der Waals surface area contributed by atoms with Crippen molar-refractivity contribution in [1.29, 1.82) is 0 Å². The molecule has 0 fully saturated rings. The molecule has 0 saturated carbocycles. The summed E-state index contributed by atoms with van der Waals surface area (Å²) in [5, 5.41) is 7.33. The molecule has 3 heteroatoms. The molecule has 0 spiro atoms. The van der Waals surface area contributed by atoms with Crippen molar-refractivity contribution in [1.82, 2.24) is 0 Å². The highest BCUT2D eigenvalue weighted by molar-refractivity contribution is 6.22. The SMILES string of the molecule is CC1(C)c2cccc3c2N2C(=NN(c4ccccc4)C21)c1ccccc1-3. The molecule has 3 aliphatic heterocycles. The Morgan fingerprint density at radius 3 is 2.27 bits per heavy atom. The Kier molecular flexibility index (Phi) is 2.48. The minimum Gasteiger partial charge on any atom is -0.300 e. The fourth-order valence-corrected chi connectivity index (χ4v) is 4.84. The molecule has 3 aromatic carbocycles. The van der Waals surface area contributed by atoms with E-state index < -0.39 is 0 Å². The Bertz CT molecular complexity index is 1080. The van der Waals surface area contributed by atoms with E-state index in [0.29, 0.717) is 0 Å². The molecule has 126 valence electrons. The Morgan fingerprint density at radius 1 is 0.769 bits per heavy atom. The van der Waals surface area contributed by atoms with E-state index in [2.05, 4.69) is 96.6 Å². The van der Waals surface area contributed by atoms with Gasteiger partial charge in [-0.15, -0.1) is 0 Å². The molecule has 3 nitrogen and oxygen atoms in total. The van der Waals surface area contributed by atoms with Gasteiger partial charge in [0.15, 0.2) is 5.84 Å². The summed E-state index contributed by atoms with van der Waals surface area (Å²) < 4.78 is 0. The van der Waals surface area contributed by atoms with Crippen LogP contribution in [0, 0.1) is 0 Å². The van der Waals surface area contributed by atoms with Gasteiger partial charge in [0.1, 0.15) is 6.17 Å². The van der Waals surface area contributed by atoms with Gasteiger partial charge in [-0.05, 0) is 23.3 Å². The zero-order valence-corrected chi connectivity index (χ0v) is 14.8. The molecule has 0 saturated heterocycles. The number of amidine groups is 1. The summed E-state index contributed by atoms with van der Waals surface area (Å²) in [5.74, 6) is 1.07. The number of anilines is 2. The van der Waals surface area contributed by atoms with E-state index >= 15 is 0 Å². The maximum atomic E-state index is 5.12. The molecule has 0 radical (unpaired) electrons. The minimum absolute atomic E-state index is 0.0333. The van der Waals surface area contributed by atoms with Crippen LogP contribution in [-0.4, -0.2) is 12.0 Å². The van der Waals surface area contributed by atoms with Crippen molar-refractivity contribution in [3.63, 3.8) is 0 Å². The van der Waals surface area contributed by atoms with Crippen molar-refractivity contribution in [2.75, 3.05) is 9.91 Å². The highest BCUT2D eigenvalue weighted by atomic mass is 15.6. The van der Waals surface area contributed by atoms with Gasteiger partial charge in [0.05, 0.1) is 11.4 Å². The van der Waals surface area contributed by atoms with Crippen LogP contribution in [0.4, 0.5) is 11.4 Å². The Labute approximate surface area is 153 Å². The standard InChI is InChI=1S/C23H19N3/c1-23(2)19-14-8-13-17-16-11-6-7-12-18(16)21-24-26(15-9-4-3-5-10-15)22(23)25(21)20(17)19/h3-14,22H,1-2H3. The van der Waals surface area contributed by atoms with Crippen molar-refractivity contribution < 1.29 is 0 Å². The van der Waals surface area contributed by atoms with Gasteiger partial charge in [0, 0.05) is 16.5 Å². The van der Waals surface area contributed by atoms with Crippen molar-refractivity contribution in [3.8, 4) is 11.1 Å². The number of hydrogen-bond donors (Lipinski definition) is 0. The third kappa shape index (κ3) is 1.52. The largest absolute Gasteiger partial charge is 0.300 e. The maximum absolute atomic E-state index is 5.12. The van der Waals surface area contributed by atoms with E-state index in [9.17, 15) is 0 Å². The molecule has 6 rings (SSSR count). The molecular weight excluding hydrogens is 318 g/mol. The second kappa shape index (κ2) is 4.55. The summed E-state index contributed by atoms with van der Waals surface area (Å²) in [4.78, 5) is 2.46. The maximum Gasteiger partial charge on any atom is 0.163 e. The Hall–Kier alpha value is -3.07. The molecule has 1 unspecified atom stereocenters. The molecule has 3 aliphatic rings. The molecule has 0 N–H and O–H groups in total.